The highest BCUT2D eigenvalue weighted by Gasteiger charge is 2.52. The van der Waals surface area contributed by atoms with Crippen LogP contribution in [-0.2, 0) is 23.7 Å². The normalized spacial score (nSPS) is 21.2. The third kappa shape index (κ3) is 7.95. The number of anilines is 3. The molecule has 0 bridgehead atoms. The molecule has 3 aromatic rings. The number of carbonyl (C=O) groups is 3. The molecule has 218 valence electrons. The van der Waals surface area contributed by atoms with Crippen molar-refractivity contribution < 1.29 is 43.2 Å². The second-order valence-corrected chi connectivity index (χ2v) is 8.87. The summed E-state index contributed by atoms with van der Waals surface area (Å²) in [4.78, 5) is 38.7. The van der Waals surface area contributed by atoms with Gasteiger partial charge in [-0.25, -0.2) is 14.4 Å². The average molecular weight is 577 g/mol. The molecule has 1 fully saturated rings. The monoisotopic (exact) mass is 576 g/mol. The maximum Gasteiger partial charge on any atom is 0.412 e. The van der Waals surface area contributed by atoms with E-state index in [0.717, 1.165) is 0 Å². The molecule has 1 saturated heterocycles. The number of nitrogens with one attached hydrogen (secondary N) is 3. The van der Waals surface area contributed by atoms with Crippen LogP contribution in [0.2, 0.25) is 0 Å². The zero-order valence-electron chi connectivity index (χ0n) is 22.3. The topological polar surface area (TPSA) is 177 Å². The van der Waals surface area contributed by atoms with Crippen molar-refractivity contribution in [2.75, 3.05) is 29.7 Å². The van der Waals surface area contributed by atoms with Gasteiger partial charge in [0.15, 0.2) is 24.6 Å². The summed E-state index contributed by atoms with van der Waals surface area (Å²) < 4.78 is 27.9. The molecular weight excluding hydrogens is 548 g/mol. The number of nitriles is 1. The van der Waals surface area contributed by atoms with Crippen molar-refractivity contribution in [2.45, 2.75) is 30.7 Å². The highest BCUT2D eigenvalue weighted by atomic mass is 16.7. The number of hydrogen-bond donors (Lipinski definition) is 4. The minimum Gasteiger partial charge on any atom is -0.439 e. The Bertz CT molecular complexity index is 1380. The fourth-order valence-electron chi connectivity index (χ4n) is 4.10. The predicted octanol–water partition coefficient (Wildman–Crippen LogP) is 4.07. The van der Waals surface area contributed by atoms with Crippen LogP contribution in [0.5, 0.6) is 0 Å². The Labute approximate surface area is 240 Å². The SMILES string of the molecule is CO[C@H]1O[C@H](CO)[C@@H](OC(=O)Nc2ccc(C#N)cc2)[C@H](OC(=O)Nc2ccccc2)[C@@H]1OC(=O)Nc1ccccc1. The van der Waals surface area contributed by atoms with Crippen LogP contribution in [0.4, 0.5) is 31.4 Å². The van der Waals surface area contributed by atoms with E-state index in [1.807, 2.05) is 6.07 Å². The summed E-state index contributed by atoms with van der Waals surface area (Å²) >= 11 is 0. The molecule has 13 nitrogen and oxygen atoms in total. The van der Waals surface area contributed by atoms with Gasteiger partial charge in [-0.15, -0.1) is 0 Å². The summed E-state index contributed by atoms with van der Waals surface area (Å²) in [6, 6.07) is 24.8. The first-order chi connectivity index (χ1) is 20.4. The first kappa shape index (κ1) is 29.8. The molecule has 3 amide bonds. The van der Waals surface area contributed by atoms with Gasteiger partial charge in [0.1, 0.15) is 6.10 Å². The van der Waals surface area contributed by atoms with Crippen molar-refractivity contribution in [1.29, 1.82) is 5.26 Å². The van der Waals surface area contributed by atoms with Crippen LogP contribution in [0.25, 0.3) is 0 Å². The minimum atomic E-state index is -1.50. The Morgan fingerprint density at radius 3 is 1.64 bits per heavy atom. The minimum absolute atomic E-state index is 0.306. The molecule has 42 heavy (non-hydrogen) atoms. The first-order valence-electron chi connectivity index (χ1n) is 12.7. The number of para-hydroxylation sites is 2. The van der Waals surface area contributed by atoms with Crippen LogP contribution in [0, 0.1) is 11.3 Å². The fraction of sp³-hybridized carbons (Fsp3) is 0.241. The molecule has 4 N–H and O–H groups in total. The van der Waals surface area contributed by atoms with Crippen LogP contribution >= 0.6 is 0 Å². The molecule has 0 radical (unpaired) electrons. The van der Waals surface area contributed by atoms with Crippen LogP contribution < -0.4 is 16.0 Å². The number of aliphatic hydroxyl groups excluding tert-OH is 1. The Morgan fingerprint density at radius 2 is 1.19 bits per heavy atom. The number of nitrogens with zero attached hydrogens (tertiary/aromatic N) is 1. The smallest absolute Gasteiger partial charge is 0.412 e. The van der Waals surface area contributed by atoms with E-state index in [4.69, 9.17) is 28.9 Å². The molecule has 0 aromatic heterocycles. The van der Waals surface area contributed by atoms with Crippen molar-refractivity contribution in [3.63, 3.8) is 0 Å². The second-order valence-electron chi connectivity index (χ2n) is 8.87. The summed E-state index contributed by atoms with van der Waals surface area (Å²) in [5, 5.41) is 26.7. The van der Waals surface area contributed by atoms with Crippen molar-refractivity contribution in [2.24, 2.45) is 0 Å². The van der Waals surface area contributed by atoms with Crippen molar-refractivity contribution in [1.82, 2.24) is 0 Å². The fourth-order valence-corrected chi connectivity index (χ4v) is 4.10. The highest BCUT2D eigenvalue weighted by molar-refractivity contribution is 5.86. The van der Waals surface area contributed by atoms with Gasteiger partial charge in [0.05, 0.1) is 18.2 Å². The van der Waals surface area contributed by atoms with E-state index >= 15 is 0 Å². The molecule has 0 spiro atoms. The lowest BCUT2D eigenvalue weighted by Gasteiger charge is -2.43. The second kappa shape index (κ2) is 14.5. The third-order valence-electron chi connectivity index (χ3n) is 6.03. The molecule has 3 aromatic carbocycles. The number of methoxy groups -OCH3 is 1. The number of rotatable bonds is 8. The van der Waals surface area contributed by atoms with Gasteiger partial charge in [0, 0.05) is 24.2 Å². The van der Waals surface area contributed by atoms with Crippen LogP contribution in [0.15, 0.2) is 84.9 Å². The third-order valence-corrected chi connectivity index (χ3v) is 6.03. The van der Waals surface area contributed by atoms with E-state index in [0.29, 0.717) is 22.6 Å². The lowest BCUT2D eigenvalue weighted by Crippen LogP contribution is -2.63. The van der Waals surface area contributed by atoms with Crippen LogP contribution in [0.3, 0.4) is 0 Å². The molecule has 0 unspecified atom stereocenters. The molecule has 1 aliphatic rings. The number of carbonyl (C=O) groups excluding carboxylic acids is 3. The van der Waals surface area contributed by atoms with Gasteiger partial charge < -0.3 is 28.8 Å². The van der Waals surface area contributed by atoms with Gasteiger partial charge in [-0.1, -0.05) is 36.4 Å². The van der Waals surface area contributed by atoms with Gasteiger partial charge in [-0.2, -0.15) is 5.26 Å². The lowest BCUT2D eigenvalue weighted by atomic mass is 9.98. The zero-order chi connectivity index (χ0) is 29.9. The maximum absolute atomic E-state index is 13.0. The molecule has 1 heterocycles. The molecule has 13 heteroatoms. The van der Waals surface area contributed by atoms with Gasteiger partial charge in [0.25, 0.3) is 0 Å². The van der Waals surface area contributed by atoms with Crippen molar-refractivity contribution in [3.05, 3.63) is 90.5 Å². The molecular formula is C29H28N4O9. The van der Waals surface area contributed by atoms with Crippen molar-refractivity contribution >= 4 is 35.3 Å². The molecule has 5 atom stereocenters. The van der Waals surface area contributed by atoms with E-state index in [2.05, 4.69) is 16.0 Å². The Balaban J connectivity index is 1.58. The van der Waals surface area contributed by atoms with Gasteiger partial charge in [-0.3, -0.25) is 16.0 Å². The summed E-state index contributed by atoms with van der Waals surface area (Å²) in [6.45, 7) is -0.669. The number of ether oxygens (including phenoxy) is 5. The van der Waals surface area contributed by atoms with E-state index in [-0.39, 0.29) is 0 Å². The van der Waals surface area contributed by atoms with Gasteiger partial charge in [0.2, 0.25) is 0 Å². The van der Waals surface area contributed by atoms with E-state index in [1.165, 1.54) is 31.4 Å². The summed E-state index contributed by atoms with van der Waals surface area (Å²) in [5.74, 6) is 0. The Kier molecular flexibility index (Phi) is 10.3. The van der Waals surface area contributed by atoms with E-state index in [1.54, 1.807) is 60.7 Å². The van der Waals surface area contributed by atoms with Crippen LogP contribution in [-0.4, -0.2) is 67.8 Å². The highest BCUT2D eigenvalue weighted by Crippen LogP contribution is 2.30. The number of aliphatic hydroxyl groups is 1. The maximum atomic E-state index is 13.0. The van der Waals surface area contributed by atoms with Gasteiger partial charge in [-0.05, 0) is 48.5 Å². The zero-order valence-corrected chi connectivity index (χ0v) is 22.3. The predicted molar refractivity (Wildman–Crippen MR) is 148 cm³/mol. The summed E-state index contributed by atoms with van der Waals surface area (Å²) in [5.41, 5.74) is 1.52. The molecule has 4 rings (SSSR count). The first-order valence-corrected chi connectivity index (χ1v) is 12.7. The largest absolute Gasteiger partial charge is 0.439 e. The summed E-state index contributed by atoms with van der Waals surface area (Å²) in [7, 11) is 1.27. The number of hydrogen-bond acceptors (Lipinski definition) is 10. The summed E-state index contributed by atoms with van der Waals surface area (Å²) in [6.07, 6.45) is -9.86. The molecule has 0 saturated carbocycles. The van der Waals surface area contributed by atoms with E-state index in [9.17, 15) is 19.5 Å². The van der Waals surface area contributed by atoms with Crippen molar-refractivity contribution in [3.8, 4) is 6.07 Å². The molecule has 0 aliphatic carbocycles. The molecule has 1 aliphatic heterocycles. The average Bonchev–Trinajstić information content (AvgIpc) is 3.00. The lowest BCUT2D eigenvalue weighted by molar-refractivity contribution is -0.290. The van der Waals surface area contributed by atoms with Crippen LogP contribution in [0.1, 0.15) is 5.56 Å². The van der Waals surface area contributed by atoms with Gasteiger partial charge >= 0.3 is 18.3 Å². The number of benzene rings is 3. The quantitative estimate of drug-likeness (QED) is 0.286. The number of amides is 3. The Morgan fingerprint density at radius 1 is 0.738 bits per heavy atom. The Hall–Kier alpha value is -5.16. The standard InChI is InChI=1S/C29H28N4O9/c1-38-26-25(42-29(37)32-20-10-6-3-7-11-20)24(41-28(36)31-19-8-4-2-5-9-19)23(22(17-34)39-26)40-27(35)33-21-14-12-18(16-30)13-15-21/h2-15,22-26,34H,17H2,1H3,(H,31,36)(H,32,37)(H,33,35)/t22-,23-,24+,25+,26+/m1/s1. The van der Waals surface area contributed by atoms with E-state index < -0.39 is 55.6 Å².